The van der Waals surface area contributed by atoms with E-state index in [2.05, 4.69) is 34.9 Å². The molecule has 0 atom stereocenters. The second-order valence-electron chi connectivity index (χ2n) is 13.7. The van der Waals surface area contributed by atoms with Crippen molar-refractivity contribution < 1.29 is 9.59 Å². The number of carbonyl (C=O) groups excluding carboxylic acids is 2. The van der Waals surface area contributed by atoms with Crippen molar-refractivity contribution in [3.8, 4) is 0 Å². The lowest BCUT2D eigenvalue weighted by Crippen LogP contribution is -2.49. The van der Waals surface area contributed by atoms with E-state index in [0.29, 0.717) is 19.3 Å². The van der Waals surface area contributed by atoms with Crippen LogP contribution in [0.5, 0.6) is 0 Å². The van der Waals surface area contributed by atoms with Crippen LogP contribution in [0.3, 0.4) is 0 Å². The van der Waals surface area contributed by atoms with Crippen LogP contribution in [-0.4, -0.2) is 23.2 Å². The Labute approximate surface area is 210 Å². The molecule has 8 aliphatic rings. The molecule has 0 saturated heterocycles. The molecule has 8 aliphatic carbocycles. The summed E-state index contributed by atoms with van der Waals surface area (Å²) in [6, 6.07) is 0. The summed E-state index contributed by atoms with van der Waals surface area (Å²) in [6.45, 7) is 4.23. The van der Waals surface area contributed by atoms with Gasteiger partial charge >= 0.3 is 0 Å². The first-order valence-corrected chi connectivity index (χ1v) is 14.5. The lowest BCUT2D eigenvalue weighted by molar-refractivity contribution is -0.122. The number of hydrogen-bond acceptors (Lipinski definition) is 4. The molecule has 192 valence electrons. The van der Waals surface area contributed by atoms with Crippen LogP contribution >= 0.6 is 0 Å². The molecular weight excluding hydrogens is 436 g/mol. The summed E-state index contributed by atoms with van der Waals surface area (Å²) >= 11 is 0. The third kappa shape index (κ3) is 4.59. The first kappa shape index (κ1) is 23.7. The Bertz CT molecular complexity index is 790. The predicted octanol–water partition coefficient (Wildman–Crippen LogP) is 5.57. The van der Waals surface area contributed by atoms with Gasteiger partial charge in [0.25, 0.3) is 0 Å². The Hall–Kier alpha value is -1.72. The van der Waals surface area contributed by atoms with Gasteiger partial charge in [0.15, 0.2) is 0 Å². The molecule has 0 aromatic carbocycles. The molecule has 0 heterocycles. The van der Waals surface area contributed by atoms with Crippen molar-refractivity contribution in [3.05, 3.63) is 0 Å². The number of rotatable bonds is 8. The smallest absolute Gasteiger partial charge is 0.240 e. The fourth-order valence-electron chi connectivity index (χ4n) is 10.2. The van der Waals surface area contributed by atoms with Crippen LogP contribution in [-0.2, 0) is 9.59 Å². The molecule has 0 unspecified atom stereocenters. The highest BCUT2D eigenvalue weighted by molar-refractivity contribution is 5.90. The Morgan fingerprint density at radius 1 is 0.600 bits per heavy atom. The standard InChI is InChI=1S/C29H44N4O2/c1-18(28-12-20-6-21(13-28)8-22(7-20)14-28)30-32-26(34)4-3-5-27(35)33-31-19(2)29-15-23-9-24(16-29)11-25(10-23)17-29/h20-25H,3-17H2,1-2H3,(H,32,34)(H,33,35)/b30-18+,31-19+. The maximum absolute atomic E-state index is 12.4. The maximum atomic E-state index is 12.4. The summed E-state index contributed by atoms with van der Waals surface area (Å²) in [4.78, 5) is 24.8. The van der Waals surface area contributed by atoms with Crippen LogP contribution in [0.2, 0.25) is 0 Å². The molecule has 0 aromatic rings. The molecule has 2 amide bonds. The molecule has 8 bridgehead atoms. The minimum Gasteiger partial charge on any atom is -0.273 e. The second-order valence-corrected chi connectivity index (χ2v) is 13.7. The van der Waals surface area contributed by atoms with E-state index in [9.17, 15) is 9.59 Å². The monoisotopic (exact) mass is 480 g/mol. The summed E-state index contributed by atoms with van der Waals surface area (Å²) in [6.07, 6.45) is 17.2. The Morgan fingerprint density at radius 3 is 1.17 bits per heavy atom. The van der Waals surface area contributed by atoms with Gasteiger partial charge in [-0.1, -0.05) is 0 Å². The summed E-state index contributed by atoms with van der Waals surface area (Å²) in [7, 11) is 0. The van der Waals surface area contributed by atoms with Crippen molar-refractivity contribution >= 4 is 23.2 Å². The van der Waals surface area contributed by atoms with Crippen molar-refractivity contribution in [2.45, 2.75) is 110 Å². The van der Waals surface area contributed by atoms with Crippen molar-refractivity contribution in [2.75, 3.05) is 0 Å². The van der Waals surface area contributed by atoms with Crippen LogP contribution in [0.25, 0.3) is 0 Å². The highest BCUT2D eigenvalue weighted by Crippen LogP contribution is 2.61. The summed E-state index contributed by atoms with van der Waals surface area (Å²) < 4.78 is 0. The van der Waals surface area contributed by atoms with Gasteiger partial charge in [-0.25, -0.2) is 10.9 Å². The first-order chi connectivity index (χ1) is 16.8. The number of nitrogens with zero attached hydrogens (tertiary/aromatic N) is 2. The number of carbonyl (C=O) groups is 2. The van der Waals surface area contributed by atoms with Gasteiger partial charge in [0.2, 0.25) is 11.8 Å². The van der Waals surface area contributed by atoms with Crippen molar-refractivity contribution in [2.24, 2.45) is 56.5 Å². The fourth-order valence-corrected chi connectivity index (χ4v) is 10.2. The third-order valence-corrected chi connectivity index (χ3v) is 11.1. The molecule has 0 spiro atoms. The molecule has 0 aromatic heterocycles. The number of nitrogens with one attached hydrogen (secondary N) is 2. The maximum Gasteiger partial charge on any atom is 0.240 e. The van der Waals surface area contributed by atoms with Crippen LogP contribution in [0, 0.1) is 46.3 Å². The minimum absolute atomic E-state index is 0.0878. The second kappa shape index (κ2) is 8.99. The van der Waals surface area contributed by atoms with Gasteiger partial charge in [0, 0.05) is 35.1 Å². The van der Waals surface area contributed by atoms with Gasteiger partial charge in [-0.2, -0.15) is 10.2 Å². The van der Waals surface area contributed by atoms with E-state index in [4.69, 9.17) is 0 Å². The average Bonchev–Trinajstić information content (AvgIpc) is 2.79. The Morgan fingerprint density at radius 2 is 0.886 bits per heavy atom. The largest absolute Gasteiger partial charge is 0.273 e. The van der Waals surface area contributed by atoms with Gasteiger partial charge in [-0.05, 0) is 133 Å². The van der Waals surface area contributed by atoms with E-state index in [1.165, 1.54) is 77.0 Å². The van der Waals surface area contributed by atoms with E-state index in [1.807, 2.05) is 0 Å². The minimum atomic E-state index is -0.0878. The number of hydrogen-bond donors (Lipinski definition) is 2. The van der Waals surface area contributed by atoms with E-state index in [-0.39, 0.29) is 22.6 Å². The molecule has 6 heteroatoms. The predicted molar refractivity (Wildman–Crippen MR) is 138 cm³/mol. The van der Waals surface area contributed by atoms with Crippen molar-refractivity contribution in [3.63, 3.8) is 0 Å². The molecule has 8 fully saturated rings. The molecular formula is C29H44N4O2. The van der Waals surface area contributed by atoms with Crippen LogP contribution < -0.4 is 10.9 Å². The SMILES string of the molecule is C/C(=N\NC(=O)CCCC(=O)N/N=C(\C)C12CC3CC(CC(C3)C1)C2)C12CC3CC(CC(C3)C1)C2. The molecule has 2 N–H and O–H groups in total. The quantitative estimate of drug-likeness (QED) is 0.351. The lowest BCUT2D eigenvalue weighted by Gasteiger charge is -2.56. The van der Waals surface area contributed by atoms with Gasteiger partial charge in [-0.15, -0.1) is 0 Å². The third-order valence-electron chi connectivity index (χ3n) is 11.1. The van der Waals surface area contributed by atoms with E-state index in [0.717, 1.165) is 46.9 Å². The van der Waals surface area contributed by atoms with E-state index >= 15 is 0 Å². The van der Waals surface area contributed by atoms with Gasteiger partial charge in [-0.3, -0.25) is 9.59 Å². The normalized spacial score (nSPS) is 43.5. The fraction of sp³-hybridized carbons (Fsp3) is 0.862. The zero-order chi connectivity index (χ0) is 24.2. The molecule has 0 radical (unpaired) electrons. The van der Waals surface area contributed by atoms with Crippen LogP contribution in [0.1, 0.15) is 110 Å². The Kier molecular flexibility index (Phi) is 6.08. The van der Waals surface area contributed by atoms with Gasteiger partial charge in [0.05, 0.1) is 0 Å². The molecule has 8 rings (SSSR count). The number of hydrazone groups is 2. The molecule has 6 nitrogen and oxygen atoms in total. The topological polar surface area (TPSA) is 82.9 Å². The van der Waals surface area contributed by atoms with E-state index in [1.54, 1.807) is 0 Å². The van der Waals surface area contributed by atoms with Crippen LogP contribution in [0.4, 0.5) is 0 Å². The van der Waals surface area contributed by atoms with Gasteiger partial charge < -0.3 is 0 Å². The summed E-state index contributed by atoms with van der Waals surface area (Å²) in [5, 5.41) is 9.11. The average molecular weight is 481 g/mol. The van der Waals surface area contributed by atoms with Gasteiger partial charge in [0.1, 0.15) is 0 Å². The number of amides is 2. The lowest BCUT2D eigenvalue weighted by atomic mass is 9.48. The Balaban J connectivity index is 0.942. The van der Waals surface area contributed by atoms with Crippen molar-refractivity contribution in [1.82, 2.24) is 10.9 Å². The molecule has 8 saturated carbocycles. The zero-order valence-electron chi connectivity index (χ0n) is 21.8. The van der Waals surface area contributed by atoms with E-state index < -0.39 is 0 Å². The summed E-state index contributed by atoms with van der Waals surface area (Å²) in [5.74, 6) is 5.05. The highest BCUT2D eigenvalue weighted by atomic mass is 16.2. The van der Waals surface area contributed by atoms with Crippen LogP contribution in [0.15, 0.2) is 10.2 Å². The molecule has 35 heavy (non-hydrogen) atoms. The van der Waals surface area contributed by atoms with Crippen molar-refractivity contribution in [1.29, 1.82) is 0 Å². The summed E-state index contributed by atoms with van der Waals surface area (Å²) in [5.41, 5.74) is 8.30. The zero-order valence-corrected chi connectivity index (χ0v) is 21.8. The highest BCUT2D eigenvalue weighted by Gasteiger charge is 2.53. The molecule has 0 aliphatic heterocycles. The first-order valence-electron chi connectivity index (χ1n) is 14.5.